The summed E-state index contributed by atoms with van der Waals surface area (Å²) >= 11 is 1.60. The summed E-state index contributed by atoms with van der Waals surface area (Å²) in [5, 5.41) is 4.20. The number of carbonyl (C=O) groups excluding carboxylic acids is 1. The molecule has 0 radical (unpaired) electrons. The minimum atomic E-state index is -0.0157. The molecule has 246 valence electrons. The Labute approximate surface area is 274 Å². The van der Waals surface area contributed by atoms with E-state index in [-0.39, 0.29) is 12.0 Å². The summed E-state index contributed by atoms with van der Waals surface area (Å²) in [6.45, 7) is 21.3. The molecule has 0 fully saturated rings. The van der Waals surface area contributed by atoms with Crippen molar-refractivity contribution in [3.05, 3.63) is 76.5 Å². The first kappa shape index (κ1) is 39.5. The molecule has 1 aromatic carbocycles. The number of rotatable bonds is 19. The van der Waals surface area contributed by atoms with Crippen molar-refractivity contribution in [1.29, 1.82) is 0 Å². The maximum absolute atomic E-state index is 14.2. The molecule has 0 saturated carbocycles. The van der Waals surface area contributed by atoms with E-state index < -0.39 is 0 Å². The van der Waals surface area contributed by atoms with E-state index in [1.807, 2.05) is 50.3 Å². The Balaban J connectivity index is 3.31. The van der Waals surface area contributed by atoms with Crippen LogP contribution in [0.4, 0.5) is 0 Å². The number of hydrogen-bond acceptors (Lipinski definition) is 5. The molecule has 0 bridgehead atoms. The molecular formula is C38H61N3O2S. The monoisotopic (exact) mass is 623 g/mol. The van der Waals surface area contributed by atoms with E-state index in [4.69, 9.17) is 9.73 Å². The molecule has 1 N–H and O–H groups in total. The van der Waals surface area contributed by atoms with Crippen LogP contribution in [0.1, 0.15) is 100.0 Å². The Hall–Kier alpha value is -2.57. The average Bonchev–Trinajstić information content (AvgIpc) is 3.03. The van der Waals surface area contributed by atoms with Crippen molar-refractivity contribution >= 4 is 22.7 Å². The summed E-state index contributed by atoms with van der Waals surface area (Å²) < 4.78 is 6.48. The number of amides is 1. The molecule has 0 aromatic heterocycles. The molecule has 6 heteroatoms. The topological polar surface area (TPSA) is 53.9 Å². The number of ether oxygens (including phenoxy) is 1. The van der Waals surface area contributed by atoms with E-state index in [0.717, 1.165) is 60.7 Å². The highest BCUT2D eigenvalue weighted by Gasteiger charge is 2.21. The van der Waals surface area contributed by atoms with Gasteiger partial charge in [-0.3, -0.25) is 9.79 Å². The Kier molecular flexibility index (Phi) is 19.7. The zero-order valence-electron chi connectivity index (χ0n) is 29.6. The second-order valence-corrected chi connectivity index (χ2v) is 13.0. The first-order valence-corrected chi connectivity index (χ1v) is 17.7. The van der Waals surface area contributed by atoms with Crippen LogP contribution >= 0.6 is 11.8 Å². The summed E-state index contributed by atoms with van der Waals surface area (Å²) in [4.78, 5) is 20.9. The van der Waals surface area contributed by atoms with E-state index in [2.05, 4.69) is 84.1 Å². The van der Waals surface area contributed by atoms with Crippen LogP contribution in [0, 0.1) is 11.8 Å². The standard InChI is InChI=1S/C38H61N3O2S/c1-12-28(4)16-15-17-31(7)37(22-24-39-10)43-35-20-18-34(19-21-35)27-41(25-23-29(5)13-2)38(42)36(26-30(6)14-3)32(8)40-33(9)44-11/h15-21,26,28-29,37,39H,12-14,22-25,27H2,1-11H3/b16-15-,30-26-,31-17+,36-32+,40-33+. The molecule has 0 spiro atoms. The van der Waals surface area contributed by atoms with Crippen molar-refractivity contribution in [1.82, 2.24) is 10.2 Å². The Morgan fingerprint density at radius 1 is 1.05 bits per heavy atom. The second kappa shape index (κ2) is 22.0. The van der Waals surface area contributed by atoms with Crippen molar-refractivity contribution in [2.45, 2.75) is 107 Å². The SMILES string of the molecule is CC\C(C)=C/C(C(=O)N(CCC(C)CC)Cc1ccc(OC(CCNC)/C(C)=C/C=C\C(C)CC)cc1)=C(C)\N=C(/C)SC. The Morgan fingerprint density at radius 3 is 2.30 bits per heavy atom. The van der Waals surface area contributed by atoms with Gasteiger partial charge in [0.2, 0.25) is 0 Å². The number of benzene rings is 1. The van der Waals surface area contributed by atoms with E-state index in [0.29, 0.717) is 30.5 Å². The lowest BCUT2D eigenvalue weighted by atomic mass is 10.0. The number of hydrogen-bond donors (Lipinski definition) is 1. The molecule has 0 saturated heterocycles. The number of nitrogens with one attached hydrogen (secondary N) is 1. The van der Waals surface area contributed by atoms with E-state index in [1.165, 1.54) is 11.1 Å². The third-order valence-electron chi connectivity index (χ3n) is 8.25. The molecule has 5 nitrogen and oxygen atoms in total. The molecule has 0 aliphatic carbocycles. The fraction of sp³-hybridized carbons (Fsp3) is 0.579. The van der Waals surface area contributed by atoms with Gasteiger partial charge >= 0.3 is 0 Å². The van der Waals surface area contributed by atoms with Crippen LogP contribution in [0.5, 0.6) is 5.75 Å². The summed E-state index contributed by atoms with van der Waals surface area (Å²) in [6.07, 6.45) is 15.6. The van der Waals surface area contributed by atoms with Crippen LogP contribution < -0.4 is 10.1 Å². The molecule has 0 heterocycles. The molecule has 1 rings (SSSR count). The van der Waals surface area contributed by atoms with Crippen molar-refractivity contribution in [3.63, 3.8) is 0 Å². The predicted octanol–water partition coefficient (Wildman–Crippen LogP) is 9.77. The highest BCUT2D eigenvalue weighted by atomic mass is 32.2. The second-order valence-electron chi connectivity index (χ2n) is 12.0. The normalized spacial score (nSPS) is 15.7. The van der Waals surface area contributed by atoms with Crippen molar-refractivity contribution < 1.29 is 9.53 Å². The quantitative estimate of drug-likeness (QED) is 0.0721. The fourth-order valence-corrected chi connectivity index (χ4v) is 4.60. The number of nitrogens with zero attached hydrogens (tertiary/aromatic N) is 2. The molecule has 1 aromatic rings. The maximum atomic E-state index is 14.2. The minimum absolute atomic E-state index is 0.0157. The van der Waals surface area contributed by atoms with Crippen LogP contribution in [-0.4, -0.2) is 48.3 Å². The van der Waals surface area contributed by atoms with Crippen LogP contribution in [0.3, 0.4) is 0 Å². The zero-order chi connectivity index (χ0) is 33.1. The third-order valence-corrected chi connectivity index (χ3v) is 8.93. The zero-order valence-corrected chi connectivity index (χ0v) is 30.4. The number of carbonyl (C=O) groups is 1. The number of aliphatic imine (C=N–C) groups is 1. The lowest BCUT2D eigenvalue weighted by molar-refractivity contribution is -0.127. The fourth-order valence-electron chi connectivity index (χ4n) is 4.37. The van der Waals surface area contributed by atoms with Gasteiger partial charge in [0.1, 0.15) is 11.9 Å². The van der Waals surface area contributed by atoms with Gasteiger partial charge in [-0.05, 0) is 102 Å². The van der Waals surface area contributed by atoms with Crippen molar-refractivity contribution in [3.8, 4) is 5.75 Å². The van der Waals surface area contributed by atoms with E-state index in [9.17, 15) is 4.79 Å². The van der Waals surface area contributed by atoms with Crippen molar-refractivity contribution in [2.75, 3.05) is 26.4 Å². The van der Waals surface area contributed by atoms with Gasteiger partial charge in [0.05, 0.1) is 16.3 Å². The van der Waals surface area contributed by atoms with Gasteiger partial charge < -0.3 is 15.0 Å². The summed E-state index contributed by atoms with van der Waals surface area (Å²) in [7, 11) is 1.97. The first-order valence-electron chi connectivity index (χ1n) is 16.5. The predicted molar refractivity (Wildman–Crippen MR) is 195 cm³/mol. The maximum Gasteiger partial charge on any atom is 0.255 e. The van der Waals surface area contributed by atoms with Crippen molar-refractivity contribution in [2.24, 2.45) is 16.8 Å². The molecule has 0 aliphatic heterocycles. The van der Waals surface area contributed by atoms with Crippen LogP contribution in [0.15, 0.2) is 76.0 Å². The van der Waals surface area contributed by atoms with E-state index in [1.54, 1.807) is 11.8 Å². The number of allylic oxidation sites excluding steroid dienone is 5. The van der Waals surface area contributed by atoms with Crippen LogP contribution in [0.2, 0.25) is 0 Å². The van der Waals surface area contributed by atoms with Gasteiger partial charge in [0.25, 0.3) is 5.91 Å². The molecule has 0 aliphatic rings. The van der Waals surface area contributed by atoms with Gasteiger partial charge in [-0.15, -0.1) is 11.8 Å². The van der Waals surface area contributed by atoms with Gasteiger partial charge in [0, 0.05) is 19.5 Å². The highest BCUT2D eigenvalue weighted by molar-refractivity contribution is 8.13. The highest BCUT2D eigenvalue weighted by Crippen LogP contribution is 2.23. The van der Waals surface area contributed by atoms with Gasteiger partial charge in [-0.2, -0.15) is 0 Å². The molecule has 1 amide bonds. The summed E-state index contributed by atoms with van der Waals surface area (Å²) in [5.41, 5.74) is 4.90. The smallest absolute Gasteiger partial charge is 0.255 e. The minimum Gasteiger partial charge on any atom is -0.486 e. The van der Waals surface area contributed by atoms with E-state index >= 15 is 0 Å². The molecular weight excluding hydrogens is 563 g/mol. The summed E-state index contributed by atoms with van der Waals surface area (Å²) in [5.74, 6) is 1.99. The molecule has 3 unspecified atom stereocenters. The van der Waals surface area contributed by atoms with Gasteiger partial charge in [-0.25, -0.2) is 0 Å². The molecule has 3 atom stereocenters. The number of thioether (sulfide) groups is 1. The third kappa shape index (κ3) is 14.9. The summed E-state index contributed by atoms with van der Waals surface area (Å²) in [6, 6.07) is 8.26. The Morgan fingerprint density at radius 2 is 1.73 bits per heavy atom. The van der Waals surface area contributed by atoms with Gasteiger partial charge in [-0.1, -0.05) is 83.4 Å². The lowest BCUT2D eigenvalue weighted by Gasteiger charge is -2.26. The largest absolute Gasteiger partial charge is 0.486 e. The lowest BCUT2D eigenvalue weighted by Crippen LogP contribution is -2.33. The van der Waals surface area contributed by atoms with Crippen LogP contribution in [0.25, 0.3) is 0 Å². The molecule has 44 heavy (non-hydrogen) atoms. The van der Waals surface area contributed by atoms with Crippen LogP contribution in [-0.2, 0) is 11.3 Å². The Bertz CT molecular complexity index is 1150. The first-order chi connectivity index (χ1) is 21.0. The van der Waals surface area contributed by atoms with Gasteiger partial charge in [0.15, 0.2) is 0 Å². The average molecular weight is 624 g/mol.